The first-order valence-corrected chi connectivity index (χ1v) is 7.07. The standard InChI is InChI=1S/C14H20BrNO2/c1-4-12-7-5-6-8-13(12)18-10-9-16(3)14(17)11(2)15/h5-8,11H,4,9-10H2,1-3H3. The van der Waals surface area contributed by atoms with E-state index in [0.29, 0.717) is 13.2 Å². The Balaban J connectivity index is 2.44. The molecule has 0 spiro atoms. The van der Waals surface area contributed by atoms with E-state index in [1.165, 1.54) is 5.56 Å². The largest absolute Gasteiger partial charge is 0.491 e. The highest BCUT2D eigenvalue weighted by Crippen LogP contribution is 2.18. The van der Waals surface area contributed by atoms with Crippen molar-refractivity contribution in [2.45, 2.75) is 25.1 Å². The van der Waals surface area contributed by atoms with E-state index in [9.17, 15) is 4.79 Å². The van der Waals surface area contributed by atoms with Crippen molar-refractivity contribution in [1.82, 2.24) is 4.90 Å². The maximum Gasteiger partial charge on any atom is 0.235 e. The molecule has 4 heteroatoms. The summed E-state index contributed by atoms with van der Waals surface area (Å²) < 4.78 is 5.72. The molecule has 18 heavy (non-hydrogen) atoms. The number of para-hydroxylation sites is 1. The number of hydrogen-bond donors (Lipinski definition) is 0. The number of hydrogen-bond acceptors (Lipinski definition) is 2. The highest BCUT2D eigenvalue weighted by atomic mass is 79.9. The van der Waals surface area contributed by atoms with Gasteiger partial charge in [-0.15, -0.1) is 0 Å². The second kappa shape index (κ2) is 7.41. The van der Waals surface area contributed by atoms with E-state index in [0.717, 1.165) is 12.2 Å². The smallest absolute Gasteiger partial charge is 0.235 e. The Labute approximate surface area is 117 Å². The maximum atomic E-state index is 11.6. The number of likely N-dealkylation sites (N-methyl/N-ethyl adjacent to an activating group) is 1. The van der Waals surface area contributed by atoms with E-state index in [4.69, 9.17) is 4.74 Å². The summed E-state index contributed by atoms with van der Waals surface area (Å²) in [6, 6.07) is 8.00. The van der Waals surface area contributed by atoms with Gasteiger partial charge in [0.2, 0.25) is 5.91 Å². The number of amides is 1. The monoisotopic (exact) mass is 313 g/mol. The van der Waals surface area contributed by atoms with Crippen LogP contribution in [0.4, 0.5) is 0 Å². The Bertz CT molecular complexity index is 393. The molecule has 0 aliphatic carbocycles. The lowest BCUT2D eigenvalue weighted by atomic mass is 10.1. The summed E-state index contributed by atoms with van der Waals surface area (Å²) in [7, 11) is 1.79. The molecule has 100 valence electrons. The van der Waals surface area contributed by atoms with Crippen LogP contribution in [0.2, 0.25) is 0 Å². The number of benzene rings is 1. The number of carbonyl (C=O) groups excluding carboxylic acids is 1. The summed E-state index contributed by atoms with van der Waals surface area (Å²) in [6.45, 7) is 5.03. The van der Waals surface area contributed by atoms with Crippen LogP contribution >= 0.6 is 15.9 Å². The van der Waals surface area contributed by atoms with Crippen molar-refractivity contribution < 1.29 is 9.53 Å². The fourth-order valence-corrected chi connectivity index (χ4v) is 1.99. The molecule has 0 N–H and O–H groups in total. The van der Waals surface area contributed by atoms with Crippen molar-refractivity contribution in [3.8, 4) is 5.75 Å². The zero-order valence-electron chi connectivity index (χ0n) is 11.1. The molecule has 3 nitrogen and oxygen atoms in total. The zero-order valence-corrected chi connectivity index (χ0v) is 12.7. The van der Waals surface area contributed by atoms with Gasteiger partial charge in [-0.3, -0.25) is 4.79 Å². The average molecular weight is 314 g/mol. The minimum atomic E-state index is -0.148. The van der Waals surface area contributed by atoms with Gasteiger partial charge in [-0.1, -0.05) is 41.1 Å². The van der Waals surface area contributed by atoms with Crippen molar-refractivity contribution in [2.75, 3.05) is 20.2 Å². The molecule has 0 bridgehead atoms. The topological polar surface area (TPSA) is 29.5 Å². The Morgan fingerprint density at radius 3 is 2.72 bits per heavy atom. The molecule has 1 aromatic rings. The van der Waals surface area contributed by atoms with Gasteiger partial charge >= 0.3 is 0 Å². The van der Waals surface area contributed by atoms with E-state index in [1.807, 2.05) is 25.1 Å². The van der Waals surface area contributed by atoms with Gasteiger partial charge in [0.15, 0.2) is 0 Å². The third-order valence-electron chi connectivity index (χ3n) is 2.75. The first kappa shape index (κ1) is 15.0. The molecular formula is C14H20BrNO2. The molecule has 0 aliphatic heterocycles. The summed E-state index contributed by atoms with van der Waals surface area (Å²) in [4.78, 5) is 13.2. The molecule has 1 aromatic carbocycles. The third kappa shape index (κ3) is 4.33. The first-order chi connectivity index (χ1) is 8.56. The van der Waals surface area contributed by atoms with E-state index in [2.05, 4.69) is 28.9 Å². The fraction of sp³-hybridized carbons (Fsp3) is 0.500. The lowest BCUT2D eigenvalue weighted by molar-refractivity contribution is -0.129. The molecule has 0 aliphatic rings. The molecule has 1 atom stereocenters. The van der Waals surface area contributed by atoms with Crippen LogP contribution in [0.15, 0.2) is 24.3 Å². The van der Waals surface area contributed by atoms with E-state index in [1.54, 1.807) is 11.9 Å². The molecule has 1 unspecified atom stereocenters. The molecule has 1 amide bonds. The summed E-state index contributed by atoms with van der Waals surface area (Å²) >= 11 is 3.27. The molecule has 0 radical (unpaired) electrons. The van der Waals surface area contributed by atoms with Gasteiger partial charge in [0.05, 0.1) is 11.4 Å². The van der Waals surface area contributed by atoms with Crippen LogP contribution in [-0.2, 0) is 11.2 Å². The lowest BCUT2D eigenvalue weighted by Gasteiger charge is -2.19. The molecule has 1 rings (SSSR count). The van der Waals surface area contributed by atoms with Crippen LogP contribution in [-0.4, -0.2) is 35.8 Å². The summed E-state index contributed by atoms with van der Waals surface area (Å²) in [5.41, 5.74) is 1.19. The quantitative estimate of drug-likeness (QED) is 0.756. The van der Waals surface area contributed by atoms with Crippen molar-refractivity contribution >= 4 is 21.8 Å². The van der Waals surface area contributed by atoms with Crippen molar-refractivity contribution in [3.63, 3.8) is 0 Å². The number of nitrogens with zero attached hydrogens (tertiary/aromatic N) is 1. The van der Waals surface area contributed by atoms with Gasteiger partial charge in [0, 0.05) is 7.05 Å². The highest BCUT2D eigenvalue weighted by molar-refractivity contribution is 9.10. The van der Waals surface area contributed by atoms with Gasteiger partial charge in [0.1, 0.15) is 12.4 Å². The number of carbonyl (C=O) groups is 1. The van der Waals surface area contributed by atoms with Gasteiger partial charge < -0.3 is 9.64 Å². The average Bonchev–Trinajstić information content (AvgIpc) is 2.38. The normalized spacial score (nSPS) is 12.0. The molecule has 0 aromatic heterocycles. The second-order valence-electron chi connectivity index (χ2n) is 4.19. The van der Waals surface area contributed by atoms with Gasteiger partial charge in [-0.2, -0.15) is 0 Å². The number of ether oxygens (including phenoxy) is 1. The minimum Gasteiger partial charge on any atom is -0.491 e. The van der Waals surface area contributed by atoms with Crippen LogP contribution in [0.5, 0.6) is 5.75 Å². The molecular weight excluding hydrogens is 294 g/mol. The Morgan fingerprint density at radius 2 is 2.11 bits per heavy atom. The Kier molecular flexibility index (Phi) is 6.19. The van der Waals surface area contributed by atoms with Crippen molar-refractivity contribution in [2.24, 2.45) is 0 Å². The van der Waals surface area contributed by atoms with Crippen LogP contribution < -0.4 is 4.74 Å². The summed E-state index contributed by atoms with van der Waals surface area (Å²) in [6.07, 6.45) is 0.948. The van der Waals surface area contributed by atoms with E-state index >= 15 is 0 Å². The maximum absolute atomic E-state index is 11.6. The number of halogens is 1. The first-order valence-electron chi connectivity index (χ1n) is 6.16. The summed E-state index contributed by atoms with van der Waals surface area (Å²) in [5.74, 6) is 0.982. The lowest BCUT2D eigenvalue weighted by Crippen LogP contribution is -2.35. The van der Waals surface area contributed by atoms with Gasteiger partial charge in [-0.05, 0) is 25.0 Å². The molecule has 0 fully saturated rings. The van der Waals surface area contributed by atoms with Crippen LogP contribution in [0.1, 0.15) is 19.4 Å². The fourth-order valence-electron chi connectivity index (χ4n) is 1.64. The minimum absolute atomic E-state index is 0.0716. The SMILES string of the molecule is CCc1ccccc1OCCN(C)C(=O)C(C)Br. The predicted octanol–water partition coefficient (Wildman–Crippen LogP) is 2.87. The molecule has 0 saturated carbocycles. The Morgan fingerprint density at radius 1 is 1.44 bits per heavy atom. The predicted molar refractivity (Wildman–Crippen MR) is 77.3 cm³/mol. The number of rotatable bonds is 6. The van der Waals surface area contributed by atoms with Crippen LogP contribution in [0, 0.1) is 0 Å². The second-order valence-corrected chi connectivity index (χ2v) is 5.56. The van der Waals surface area contributed by atoms with E-state index < -0.39 is 0 Å². The van der Waals surface area contributed by atoms with Crippen molar-refractivity contribution in [1.29, 1.82) is 0 Å². The third-order valence-corrected chi connectivity index (χ3v) is 3.15. The van der Waals surface area contributed by atoms with Crippen LogP contribution in [0.3, 0.4) is 0 Å². The van der Waals surface area contributed by atoms with Gasteiger partial charge in [0.25, 0.3) is 0 Å². The Hall–Kier alpha value is -1.03. The summed E-state index contributed by atoms with van der Waals surface area (Å²) in [5, 5.41) is 0. The number of alkyl halides is 1. The highest BCUT2D eigenvalue weighted by Gasteiger charge is 2.13. The molecule has 0 heterocycles. The van der Waals surface area contributed by atoms with Crippen molar-refractivity contribution in [3.05, 3.63) is 29.8 Å². The number of aryl methyl sites for hydroxylation is 1. The zero-order chi connectivity index (χ0) is 13.5. The molecule has 0 saturated heterocycles. The van der Waals surface area contributed by atoms with Gasteiger partial charge in [-0.25, -0.2) is 0 Å². The van der Waals surface area contributed by atoms with E-state index in [-0.39, 0.29) is 10.7 Å². The van der Waals surface area contributed by atoms with Crippen LogP contribution in [0.25, 0.3) is 0 Å².